The molecule has 0 saturated heterocycles. The van der Waals surface area contributed by atoms with E-state index in [1.807, 2.05) is 58.9 Å². The molecule has 182 valence electrons. The Morgan fingerprint density at radius 3 is 2.55 bits per heavy atom. The van der Waals surface area contributed by atoms with E-state index in [1.54, 1.807) is 20.1 Å². The second kappa shape index (κ2) is 11.6. The average Bonchev–Trinajstić information content (AvgIpc) is 3.17. The van der Waals surface area contributed by atoms with Crippen molar-refractivity contribution >= 4 is 17.8 Å². The molecule has 2 rings (SSSR count). The highest BCUT2D eigenvalue weighted by molar-refractivity contribution is 5.87. The highest BCUT2D eigenvalue weighted by Crippen LogP contribution is 2.31. The SMILES string of the molecule is CC1=CC[C@@H](/C(C)=C/c2coc(C)n2)OC(=O)CCC(C)(C)C(=O)[C@H](C)[C@@H](O)C(C)CC=C1. The summed E-state index contributed by atoms with van der Waals surface area (Å²) in [4.78, 5) is 30.1. The fourth-order valence-corrected chi connectivity index (χ4v) is 4.09. The Hall–Kier alpha value is -2.47. The van der Waals surface area contributed by atoms with Crippen LogP contribution in [0.1, 0.15) is 78.8 Å². The molecule has 0 bridgehead atoms. The van der Waals surface area contributed by atoms with Gasteiger partial charge >= 0.3 is 5.97 Å². The third kappa shape index (κ3) is 7.81. The number of carbonyl (C=O) groups is 2. The first-order valence-corrected chi connectivity index (χ1v) is 11.8. The fraction of sp³-hybridized carbons (Fsp3) is 0.593. The van der Waals surface area contributed by atoms with Gasteiger partial charge in [-0.3, -0.25) is 9.59 Å². The number of ketones is 1. The van der Waals surface area contributed by atoms with Gasteiger partial charge in [-0.2, -0.15) is 0 Å². The Kier molecular flexibility index (Phi) is 9.41. The lowest BCUT2D eigenvalue weighted by atomic mass is 9.74. The standard InChI is InChI=1S/C27H39NO5/c1-17-9-8-10-18(2)25(30)20(4)26(31)27(6,7)14-13-24(29)33-23(12-11-17)19(3)15-22-16-32-21(5)28-22/h8-9,11,15-16,18,20,23,25,30H,10,12-14H2,1-7H3/b9-8?,17-11?,19-15+/t18?,20-,23+,25+/m1/s1. The van der Waals surface area contributed by atoms with Gasteiger partial charge in [-0.25, -0.2) is 4.98 Å². The minimum Gasteiger partial charge on any atom is -0.457 e. The van der Waals surface area contributed by atoms with E-state index in [4.69, 9.17) is 9.15 Å². The van der Waals surface area contributed by atoms with Crippen LogP contribution in [0, 0.1) is 24.2 Å². The molecule has 0 fully saturated rings. The highest BCUT2D eigenvalue weighted by Gasteiger charge is 2.36. The minimum atomic E-state index is -0.735. The van der Waals surface area contributed by atoms with Gasteiger partial charge in [0.2, 0.25) is 0 Å². The lowest BCUT2D eigenvalue weighted by Crippen LogP contribution is -2.39. The number of carbonyl (C=O) groups excluding carboxylic acids is 2. The lowest BCUT2D eigenvalue weighted by molar-refractivity contribution is -0.148. The van der Waals surface area contributed by atoms with Crippen molar-refractivity contribution in [2.75, 3.05) is 0 Å². The van der Waals surface area contributed by atoms with Crippen molar-refractivity contribution < 1.29 is 23.8 Å². The smallest absolute Gasteiger partial charge is 0.306 e. The normalized spacial score (nSPS) is 28.4. The van der Waals surface area contributed by atoms with Gasteiger partial charge in [0.25, 0.3) is 0 Å². The van der Waals surface area contributed by atoms with Crippen LogP contribution >= 0.6 is 0 Å². The molecule has 2 heterocycles. The third-order valence-corrected chi connectivity index (χ3v) is 6.47. The number of Topliss-reactive ketones (excluding diaryl/α,β-unsaturated/α-hetero) is 1. The number of hydrogen-bond acceptors (Lipinski definition) is 6. The third-order valence-electron chi connectivity index (χ3n) is 6.47. The van der Waals surface area contributed by atoms with Crippen molar-refractivity contribution in [2.45, 2.75) is 86.4 Å². The van der Waals surface area contributed by atoms with E-state index < -0.39 is 23.5 Å². The first-order valence-electron chi connectivity index (χ1n) is 11.8. The maximum Gasteiger partial charge on any atom is 0.306 e. The zero-order chi connectivity index (χ0) is 24.8. The molecule has 1 aromatic rings. The molecule has 0 aromatic carbocycles. The van der Waals surface area contributed by atoms with Gasteiger partial charge in [0, 0.05) is 31.1 Å². The number of nitrogens with zero attached hydrogens (tertiary/aromatic N) is 1. The molecule has 0 aliphatic carbocycles. The van der Waals surface area contributed by atoms with E-state index in [0.29, 0.717) is 30.8 Å². The van der Waals surface area contributed by atoms with Crippen molar-refractivity contribution in [3.63, 3.8) is 0 Å². The number of oxazole rings is 1. The molecule has 0 spiro atoms. The van der Waals surface area contributed by atoms with E-state index >= 15 is 0 Å². The molecule has 1 aromatic heterocycles. The molecule has 1 aliphatic rings. The molecule has 1 aliphatic heterocycles. The zero-order valence-corrected chi connectivity index (χ0v) is 21.1. The second-order valence-electron chi connectivity index (χ2n) is 9.98. The van der Waals surface area contributed by atoms with Crippen LogP contribution in [0.15, 0.2) is 40.1 Å². The predicted molar refractivity (Wildman–Crippen MR) is 129 cm³/mol. The highest BCUT2D eigenvalue weighted by atomic mass is 16.5. The molecule has 0 radical (unpaired) electrons. The van der Waals surface area contributed by atoms with Crippen LogP contribution in [0.2, 0.25) is 0 Å². The topological polar surface area (TPSA) is 89.6 Å². The second-order valence-corrected chi connectivity index (χ2v) is 9.98. The molecule has 6 heteroatoms. The maximum absolute atomic E-state index is 13.1. The first-order chi connectivity index (χ1) is 15.4. The maximum atomic E-state index is 13.1. The number of allylic oxidation sites excluding steroid dienone is 3. The molecule has 1 unspecified atom stereocenters. The van der Waals surface area contributed by atoms with Gasteiger partial charge in [-0.15, -0.1) is 0 Å². The summed E-state index contributed by atoms with van der Waals surface area (Å²) in [5.74, 6) is -0.361. The van der Waals surface area contributed by atoms with Crippen LogP contribution in [0.4, 0.5) is 0 Å². The Morgan fingerprint density at radius 1 is 1.21 bits per heavy atom. The Labute approximate surface area is 197 Å². The Balaban J connectivity index is 2.32. The molecular weight excluding hydrogens is 418 g/mol. The zero-order valence-electron chi connectivity index (χ0n) is 21.1. The van der Waals surface area contributed by atoms with Crippen LogP contribution in [0.3, 0.4) is 0 Å². The van der Waals surface area contributed by atoms with Gasteiger partial charge < -0.3 is 14.3 Å². The molecule has 1 N–H and O–H groups in total. The number of ether oxygens (including phenoxy) is 1. The number of aliphatic hydroxyl groups is 1. The van der Waals surface area contributed by atoms with Crippen LogP contribution in [0.25, 0.3) is 6.08 Å². The predicted octanol–water partition coefficient (Wildman–Crippen LogP) is 5.60. The number of aryl methyl sites for hydroxylation is 1. The van der Waals surface area contributed by atoms with E-state index in [1.165, 1.54) is 0 Å². The summed E-state index contributed by atoms with van der Waals surface area (Å²) < 4.78 is 11.1. The van der Waals surface area contributed by atoms with Gasteiger partial charge in [-0.05, 0) is 44.3 Å². The average molecular weight is 458 g/mol. The summed E-state index contributed by atoms with van der Waals surface area (Å²) in [5, 5.41) is 10.7. The van der Waals surface area contributed by atoms with Crippen LogP contribution in [-0.2, 0) is 14.3 Å². The number of rotatable bonds is 2. The molecular formula is C27H39NO5. The van der Waals surface area contributed by atoms with Gasteiger partial charge in [0.05, 0.1) is 6.10 Å². The van der Waals surface area contributed by atoms with Crippen molar-refractivity contribution in [1.29, 1.82) is 0 Å². The summed E-state index contributed by atoms with van der Waals surface area (Å²) in [6.07, 6.45) is 10.0. The molecule has 0 amide bonds. The van der Waals surface area contributed by atoms with Crippen molar-refractivity contribution in [3.8, 4) is 0 Å². The molecule has 4 atom stereocenters. The number of aromatic nitrogens is 1. The summed E-state index contributed by atoms with van der Waals surface area (Å²) in [7, 11) is 0. The Morgan fingerprint density at radius 2 is 1.91 bits per heavy atom. The monoisotopic (exact) mass is 457 g/mol. The van der Waals surface area contributed by atoms with Crippen molar-refractivity contribution in [2.24, 2.45) is 17.3 Å². The van der Waals surface area contributed by atoms with Crippen molar-refractivity contribution in [1.82, 2.24) is 4.98 Å². The van der Waals surface area contributed by atoms with Gasteiger partial charge in [0.15, 0.2) is 5.89 Å². The minimum absolute atomic E-state index is 0.0316. The number of esters is 1. The van der Waals surface area contributed by atoms with Crippen molar-refractivity contribution in [3.05, 3.63) is 47.2 Å². The van der Waals surface area contributed by atoms with E-state index in [2.05, 4.69) is 4.98 Å². The van der Waals surface area contributed by atoms with Gasteiger partial charge in [-0.1, -0.05) is 51.5 Å². The van der Waals surface area contributed by atoms with E-state index in [-0.39, 0.29) is 24.1 Å². The Bertz CT molecular complexity index is 921. The lowest BCUT2D eigenvalue weighted by Gasteiger charge is -2.31. The quantitative estimate of drug-likeness (QED) is 0.581. The summed E-state index contributed by atoms with van der Waals surface area (Å²) in [6, 6.07) is 0. The molecule has 6 nitrogen and oxygen atoms in total. The summed E-state index contributed by atoms with van der Waals surface area (Å²) >= 11 is 0. The van der Waals surface area contributed by atoms with E-state index in [9.17, 15) is 14.7 Å². The number of aliphatic hydroxyl groups excluding tert-OH is 1. The number of cyclic esters (lactones) is 1. The number of hydrogen-bond donors (Lipinski definition) is 1. The van der Waals surface area contributed by atoms with Crippen LogP contribution in [-0.4, -0.2) is 34.1 Å². The first kappa shape index (κ1) is 26.8. The summed E-state index contributed by atoms with van der Waals surface area (Å²) in [6.45, 7) is 13.1. The molecule has 33 heavy (non-hydrogen) atoms. The molecule has 0 saturated carbocycles. The van der Waals surface area contributed by atoms with E-state index in [0.717, 1.165) is 11.1 Å². The van der Waals surface area contributed by atoms with Crippen LogP contribution in [0.5, 0.6) is 0 Å². The fourth-order valence-electron chi connectivity index (χ4n) is 4.09. The largest absolute Gasteiger partial charge is 0.457 e. The summed E-state index contributed by atoms with van der Waals surface area (Å²) in [5.41, 5.74) is 1.86. The van der Waals surface area contributed by atoms with Gasteiger partial charge in [0.1, 0.15) is 23.8 Å². The van der Waals surface area contributed by atoms with Crippen LogP contribution < -0.4 is 0 Å².